The molecule has 4 rings (SSSR count). The van der Waals surface area contributed by atoms with Gasteiger partial charge in [-0.1, -0.05) is 12.1 Å². The SMILES string of the molecule is C=CCc1ccc(OC2OC(COC3OCC(O)(COC4OCC(O)C(O)C4O)C3O)C(O)C(O)C2O)c(OC)c1. The Morgan fingerprint density at radius 2 is 1.63 bits per heavy atom. The molecule has 0 radical (unpaired) electrons. The van der Waals surface area contributed by atoms with Crippen LogP contribution in [0, 0.1) is 0 Å². The van der Waals surface area contributed by atoms with Gasteiger partial charge in [0, 0.05) is 0 Å². The molecule has 3 aliphatic rings. The second-order valence-electron chi connectivity index (χ2n) is 10.2. The second-order valence-corrected chi connectivity index (χ2v) is 10.2. The molecule has 41 heavy (non-hydrogen) atoms. The highest BCUT2D eigenvalue weighted by Crippen LogP contribution is 2.33. The minimum Gasteiger partial charge on any atom is -0.493 e. The summed E-state index contributed by atoms with van der Waals surface area (Å²) in [6, 6.07) is 5.08. The van der Waals surface area contributed by atoms with Crippen LogP contribution in [-0.2, 0) is 30.1 Å². The minimum atomic E-state index is -2.00. The van der Waals surface area contributed by atoms with Crippen LogP contribution in [-0.4, -0.2) is 148 Å². The third kappa shape index (κ3) is 7.00. The van der Waals surface area contributed by atoms with Gasteiger partial charge in [-0.05, 0) is 24.1 Å². The molecule has 3 fully saturated rings. The first-order valence-electron chi connectivity index (χ1n) is 13.0. The summed E-state index contributed by atoms with van der Waals surface area (Å²) >= 11 is 0. The van der Waals surface area contributed by atoms with Gasteiger partial charge in [0.2, 0.25) is 6.29 Å². The Labute approximate surface area is 235 Å². The van der Waals surface area contributed by atoms with Crippen LogP contribution in [0.4, 0.5) is 0 Å². The average molecular weight is 591 g/mol. The van der Waals surface area contributed by atoms with Crippen molar-refractivity contribution in [2.24, 2.45) is 0 Å². The first-order chi connectivity index (χ1) is 19.5. The van der Waals surface area contributed by atoms with Crippen molar-refractivity contribution in [3.8, 4) is 11.5 Å². The van der Waals surface area contributed by atoms with E-state index in [1.165, 1.54) is 7.11 Å². The summed E-state index contributed by atoms with van der Waals surface area (Å²) in [7, 11) is 1.44. The van der Waals surface area contributed by atoms with E-state index in [1.54, 1.807) is 24.3 Å². The van der Waals surface area contributed by atoms with Crippen LogP contribution in [0.3, 0.4) is 0 Å². The molecule has 3 heterocycles. The first kappa shape index (κ1) is 32.0. The maximum atomic E-state index is 10.8. The summed E-state index contributed by atoms with van der Waals surface area (Å²) in [6.45, 7) is 1.89. The molecule has 1 aromatic rings. The van der Waals surface area contributed by atoms with Crippen LogP contribution < -0.4 is 9.47 Å². The largest absolute Gasteiger partial charge is 0.493 e. The maximum absolute atomic E-state index is 10.8. The molecule has 0 bridgehead atoms. The number of benzene rings is 1. The minimum absolute atomic E-state index is 0.210. The average Bonchev–Trinajstić information content (AvgIpc) is 3.24. The van der Waals surface area contributed by atoms with Crippen molar-refractivity contribution in [1.82, 2.24) is 0 Å². The lowest BCUT2D eigenvalue weighted by molar-refractivity contribution is -0.291. The van der Waals surface area contributed by atoms with Gasteiger partial charge < -0.3 is 74.0 Å². The number of allylic oxidation sites excluding steroid dienone is 1. The lowest BCUT2D eigenvalue weighted by Crippen LogP contribution is -2.60. The molecule has 15 heteroatoms. The van der Waals surface area contributed by atoms with Crippen LogP contribution in [0.25, 0.3) is 0 Å². The van der Waals surface area contributed by atoms with Crippen molar-refractivity contribution in [3.63, 3.8) is 0 Å². The van der Waals surface area contributed by atoms with E-state index in [9.17, 15) is 40.9 Å². The number of aliphatic hydroxyl groups is 8. The lowest BCUT2D eigenvalue weighted by Gasteiger charge is -2.40. The summed E-state index contributed by atoms with van der Waals surface area (Å²) in [6.07, 6.45) is -14.2. The molecule has 232 valence electrons. The molecule has 1 aromatic carbocycles. The van der Waals surface area contributed by atoms with Crippen molar-refractivity contribution in [2.45, 2.75) is 79.7 Å². The predicted molar refractivity (Wildman–Crippen MR) is 135 cm³/mol. The third-order valence-corrected chi connectivity index (χ3v) is 7.20. The molecule has 0 amide bonds. The highest BCUT2D eigenvalue weighted by Gasteiger charge is 2.52. The number of methoxy groups -OCH3 is 1. The fraction of sp³-hybridized carbons (Fsp3) is 0.692. The Hall–Kier alpha value is -1.96. The van der Waals surface area contributed by atoms with Crippen LogP contribution in [0.15, 0.2) is 30.9 Å². The summed E-state index contributed by atoms with van der Waals surface area (Å²) in [5.74, 6) is 0.552. The zero-order valence-electron chi connectivity index (χ0n) is 22.3. The summed E-state index contributed by atoms with van der Waals surface area (Å²) in [4.78, 5) is 0. The molecule has 12 atom stereocenters. The van der Waals surface area contributed by atoms with E-state index in [0.29, 0.717) is 12.2 Å². The van der Waals surface area contributed by atoms with Gasteiger partial charge in [-0.25, -0.2) is 0 Å². The molecular formula is C26H38O15. The topological polar surface area (TPSA) is 226 Å². The van der Waals surface area contributed by atoms with Gasteiger partial charge in [-0.2, -0.15) is 0 Å². The van der Waals surface area contributed by atoms with Gasteiger partial charge in [0.15, 0.2) is 24.1 Å². The molecular weight excluding hydrogens is 552 g/mol. The molecule has 15 nitrogen and oxygen atoms in total. The van der Waals surface area contributed by atoms with E-state index < -0.39 is 93.1 Å². The van der Waals surface area contributed by atoms with Gasteiger partial charge in [-0.15, -0.1) is 6.58 Å². The third-order valence-electron chi connectivity index (χ3n) is 7.20. The first-order valence-corrected chi connectivity index (χ1v) is 13.0. The van der Waals surface area contributed by atoms with Crippen LogP contribution >= 0.6 is 0 Å². The van der Waals surface area contributed by atoms with E-state index >= 15 is 0 Å². The summed E-state index contributed by atoms with van der Waals surface area (Å²) < 4.78 is 38.1. The van der Waals surface area contributed by atoms with E-state index in [4.69, 9.17) is 33.2 Å². The highest BCUT2D eigenvalue weighted by molar-refractivity contribution is 5.43. The number of ether oxygens (including phenoxy) is 7. The van der Waals surface area contributed by atoms with E-state index in [-0.39, 0.29) is 12.4 Å². The number of hydrogen-bond acceptors (Lipinski definition) is 15. The Bertz CT molecular complexity index is 1010. The lowest BCUT2D eigenvalue weighted by atomic mass is 9.99. The normalized spacial score (nSPS) is 41.2. The van der Waals surface area contributed by atoms with Crippen molar-refractivity contribution >= 4 is 0 Å². The Morgan fingerprint density at radius 1 is 0.902 bits per heavy atom. The second kappa shape index (κ2) is 13.6. The van der Waals surface area contributed by atoms with E-state index in [2.05, 4.69) is 6.58 Å². The number of hydrogen-bond donors (Lipinski definition) is 8. The van der Waals surface area contributed by atoms with Crippen molar-refractivity contribution < 1.29 is 74.0 Å². The zero-order valence-corrected chi connectivity index (χ0v) is 22.3. The van der Waals surface area contributed by atoms with Crippen molar-refractivity contribution in [2.75, 3.05) is 33.5 Å². The molecule has 8 N–H and O–H groups in total. The maximum Gasteiger partial charge on any atom is 0.229 e. The van der Waals surface area contributed by atoms with Crippen LogP contribution in [0.2, 0.25) is 0 Å². The van der Waals surface area contributed by atoms with Crippen LogP contribution in [0.5, 0.6) is 11.5 Å². The Kier molecular flexibility index (Phi) is 10.6. The Balaban J connectivity index is 1.33. The highest BCUT2D eigenvalue weighted by atomic mass is 16.7. The van der Waals surface area contributed by atoms with Gasteiger partial charge in [0.1, 0.15) is 54.4 Å². The van der Waals surface area contributed by atoms with Crippen molar-refractivity contribution in [3.05, 3.63) is 36.4 Å². The van der Waals surface area contributed by atoms with Gasteiger partial charge in [-0.3, -0.25) is 0 Å². The fourth-order valence-electron chi connectivity index (χ4n) is 4.64. The van der Waals surface area contributed by atoms with Crippen LogP contribution in [0.1, 0.15) is 5.56 Å². The van der Waals surface area contributed by atoms with E-state index in [1.807, 2.05) is 0 Å². The van der Waals surface area contributed by atoms with Gasteiger partial charge in [0.05, 0.1) is 33.5 Å². The molecule has 0 aliphatic carbocycles. The van der Waals surface area contributed by atoms with Gasteiger partial charge >= 0.3 is 0 Å². The summed E-state index contributed by atoms with van der Waals surface area (Å²) in [5.41, 5.74) is -1.11. The monoisotopic (exact) mass is 590 g/mol. The van der Waals surface area contributed by atoms with Gasteiger partial charge in [0.25, 0.3) is 0 Å². The quantitative estimate of drug-likeness (QED) is 0.117. The molecule has 0 saturated carbocycles. The standard InChI is InChI=1S/C26H38O15/c1-3-4-12-5-6-14(15(7-12)35-2)40-24-21(32)19(30)18(29)16(41-24)9-37-25-22(33)26(34,11-39-25)10-38-23-20(31)17(28)13(27)8-36-23/h3,5-7,13,16-25,27-34H,1,4,8-11H2,2H3. The predicted octanol–water partition coefficient (Wildman–Crippen LogP) is -3.47. The fourth-order valence-corrected chi connectivity index (χ4v) is 4.64. The summed E-state index contributed by atoms with van der Waals surface area (Å²) in [5, 5.41) is 82.1. The smallest absolute Gasteiger partial charge is 0.229 e. The molecule has 12 unspecified atom stereocenters. The molecule has 3 saturated heterocycles. The molecule has 0 aromatic heterocycles. The van der Waals surface area contributed by atoms with Crippen molar-refractivity contribution in [1.29, 1.82) is 0 Å². The zero-order chi connectivity index (χ0) is 29.9. The Morgan fingerprint density at radius 3 is 2.34 bits per heavy atom. The number of rotatable bonds is 11. The van der Waals surface area contributed by atoms with E-state index in [0.717, 1.165) is 5.56 Å². The molecule has 3 aliphatic heterocycles. The molecule has 0 spiro atoms. The number of aliphatic hydroxyl groups excluding tert-OH is 7.